The summed E-state index contributed by atoms with van der Waals surface area (Å²) in [6, 6.07) is 10.8. The fraction of sp³-hybridized carbons (Fsp3) is 0.278. The van der Waals surface area contributed by atoms with Gasteiger partial charge in [0, 0.05) is 18.1 Å². The van der Waals surface area contributed by atoms with Crippen LogP contribution < -0.4 is 4.74 Å². The third-order valence-electron chi connectivity index (χ3n) is 4.11. The summed E-state index contributed by atoms with van der Waals surface area (Å²) in [7, 11) is -3.57. The maximum atomic E-state index is 12.6. The summed E-state index contributed by atoms with van der Waals surface area (Å²) >= 11 is 5.96. The second-order valence-corrected chi connectivity index (χ2v) is 8.28. The van der Waals surface area contributed by atoms with Gasteiger partial charge in [0.15, 0.2) is 0 Å². The second-order valence-electron chi connectivity index (χ2n) is 5.94. The molecule has 0 N–H and O–H groups in total. The predicted molar refractivity (Wildman–Crippen MR) is 95.6 cm³/mol. The standard InChI is InChI=1S/C18H18ClNO4S/c1-13-11-15(7-8-17(13)19)24-18(21)14-5-4-6-16(12-14)25(22,23)20-9-2-3-10-20/h4-8,11-12H,2-3,9-10H2,1H3. The van der Waals surface area contributed by atoms with Crippen molar-refractivity contribution in [1.29, 1.82) is 0 Å². The lowest BCUT2D eigenvalue weighted by Crippen LogP contribution is -2.28. The van der Waals surface area contributed by atoms with E-state index in [-0.39, 0.29) is 10.5 Å². The van der Waals surface area contributed by atoms with Crippen molar-refractivity contribution in [1.82, 2.24) is 4.31 Å². The molecular formula is C18H18ClNO4S. The first-order valence-electron chi connectivity index (χ1n) is 7.96. The van der Waals surface area contributed by atoms with E-state index in [1.54, 1.807) is 24.3 Å². The quantitative estimate of drug-likeness (QED) is 0.600. The van der Waals surface area contributed by atoms with Crippen molar-refractivity contribution in [2.45, 2.75) is 24.7 Å². The number of benzene rings is 2. The lowest BCUT2D eigenvalue weighted by atomic mass is 10.2. The summed E-state index contributed by atoms with van der Waals surface area (Å²) in [6.45, 7) is 2.84. The van der Waals surface area contributed by atoms with Crippen LogP contribution in [0.2, 0.25) is 5.02 Å². The molecule has 1 fully saturated rings. The average molecular weight is 380 g/mol. The fourth-order valence-corrected chi connectivity index (χ4v) is 4.39. The fourth-order valence-electron chi connectivity index (χ4n) is 2.71. The molecule has 1 aliphatic rings. The van der Waals surface area contributed by atoms with Gasteiger partial charge in [-0.3, -0.25) is 0 Å². The Balaban J connectivity index is 1.83. The number of nitrogens with zero attached hydrogens (tertiary/aromatic N) is 1. The van der Waals surface area contributed by atoms with E-state index in [0.29, 0.717) is 23.9 Å². The predicted octanol–water partition coefficient (Wildman–Crippen LogP) is 3.65. The van der Waals surface area contributed by atoms with Gasteiger partial charge in [-0.15, -0.1) is 0 Å². The first-order valence-corrected chi connectivity index (χ1v) is 9.78. The van der Waals surface area contributed by atoms with Gasteiger partial charge in [-0.25, -0.2) is 13.2 Å². The van der Waals surface area contributed by atoms with Gasteiger partial charge >= 0.3 is 5.97 Å². The van der Waals surface area contributed by atoms with Gasteiger partial charge in [0.25, 0.3) is 0 Å². The zero-order chi connectivity index (χ0) is 18.0. The zero-order valence-corrected chi connectivity index (χ0v) is 15.3. The van der Waals surface area contributed by atoms with E-state index in [1.807, 2.05) is 6.92 Å². The molecule has 3 rings (SSSR count). The molecule has 0 unspecified atom stereocenters. The largest absolute Gasteiger partial charge is 0.423 e. The molecule has 7 heteroatoms. The topological polar surface area (TPSA) is 63.7 Å². The van der Waals surface area contributed by atoms with Crippen molar-refractivity contribution in [2.24, 2.45) is 0 Å². The SMILES string of the molecule is Cc1cc(OC(=O)c2cccc(S(=O)(=O)N3CCCC3)c2)ccc1Cl. The highest BCUT2D eigenvalue weighted by molar-refractivity contribution is 7.89. The monoisotopic (exact) mass is 379 g/mol. The van der Waals surface area contributed by atoms with E-state index >= 15 is 0 Å². The Kier molecular flexibility index (Phi) is 5.13. The third-order valence-corrected chi connectivity index (χ3v) is 6.43. The maximum Gasteiger partial charge on any atom is 0.343 e. The molecule has 2 aromatic rings. The molecule has 132 valence electrons. The number of hydrogen-bond acceptors (Lipinski definition) is 4. The van der Waals surface area contributed by atoms with Gasteiger partial charge in [-0.1, -0.05) is 17.7 Å². The number of carbonyl (C=O) groups is 1. The van der Waals surface area contributed by atoms with Crippen molar-refractivity contribution in [3.8, 4) is 5.75 Å². The smallest absolute Gasteiger partial charge is 0.343 e. The first-order chi connectivity index (χ1) is 11.9. The van der Waals surface area contributed by atoms with Crippen LogP contribution in [0.25, 0.3) is 0 Å². The highest BCUT2D eigenvalue weighted by Crippen LogP contribution is 2.24. The number of ether oxygens (including phenoxy) is 1. The van der Waals surface area contributed by atoms with Crippen LogP contribution in [-0.4, -0.2) is 31.8 Å². The van der Waals surface area contributed by atoms with Crippen LogP contribution in [0.4, 0.5) is 0 Å². The minimum Gasteiger partial charge on any atom is -0.423 e. The minimum absolute atomic E-state index is 0.108. The zero-order valence-electron chi connectivity index (χ0n) is 13.7. The molecule has 0 radical (unpaired) electrons. The molecule has 0 spiro atoms. The molecule has 25 heavy (non-hydrogen) atoms. The lowest BCUT2D eigenvalue weighted by Gasteiger charge is -2.15. The molecule has 1 saturated heterocycles. The molecule has 0 aromatic heterocycles. The average Bonchev–Trinajstić information content (AvgIpc) is 3.14. The molecule has 1 heterocycles. The van der Waals surface area contributed by atoms with Crippen molar-refractivity contribution in [3.63, 3.8) is 0 Å². The van der Waals surface area contributed by atoms with Crippen LogP contribution in [0.3, 0.4) is 0 Å². The Hall–Kier alpha value is -1.89. The number of hydrogen-bond donors (Lipinski definition) is 0. The second kappa shape index (κ2) is 7.15. The highest BCUT2D eigenvalue weighted by atomic mass is 35.5. The maximum absolute atomic E-state index is 12.6. The summed E-state index contributed by atoms with van der Waals surface area (Å²) in [6.07, 6.45) is 1.72. The van der Waals surface area contributed by atoms with E-state index in [0.717, 1.165) is 18.4 Å². The number of rotatable bonds is 4. The molecule has 0 aliphatic carbocycles. The summed E-state index contributed by atoms with van der Waals surface area (Å²) in [5.74, 6) is -0.250. The Morgan fingerprint density at radius 3 is 2.52 bits per heavy atom. The van der Waals surface area contributed by atoms with E-state index in [2.05, 4.69) is 0 Å². The molecule has 2 aromatic carbocycles. The van der Waals surface area contributed by atoms with Gasteiger partial charge in [-0.2, -0.15) is 4.31 Å². The van der Waals surface area contributed by atoms with Gasteiger partial charge < -0.3 is 4.74 Å². The molecule has 1 aliphatic heterocycles. The normalized spacial score (nSPS) is 15.3. The van der Waals surface area contributed by atoms with E-state index < -0.39 is 16.0 Å². The van der Waals surface area contributed by atoms with Crippen molar-refractivity contribution >= 4 is 27.6 Å². The molecular weight excluding hydrogens is 362 g/mol. The van der Waals surface area contributed by atoms with E-state index in [1.165, 1.54) is 22.5 Å². The van der Waals surface area contributed by atoms with Crippen LogP contribution in [0.1, 0.15) is 28.8 Å². The Bertz CT molecular complexity index is 905. The Labute approximate surface area is 152 Å². The van der Waals surface area contributed by atoms with Crippen LogP contribution in [-0.2, 0) is 10.0 Å². The number of halogens is 1. The number of carbonyl (C=O) groups excluding carboxylic acids is 1. The van der Waals surface area contributed by atoms with Crippen molar-refractivity contribution < 1.29 is 17.9 Å². The summed E-state index contributed by atoms with van der Waals surface area (Å²) in [5.41, 5.74) is 0.977. The van der Waals surface area contributed by atoms with Crippen molar-refractivity contribution in [2.75, 3.05) is 13.1 Å². The molecule has 0 bridgehead atoms. The van der Waals surface area contributed by atoms with Crippen LogP contribution in [0.15, 0.2) is 47.4 Å². The third kappa shape index (κ3) is 3.86. The minimum atomic E-state index is -3.57. The number of esters is 1. The lowest BCUT2D eigenvalue weighted by molar-refractivity contribution is 0.0734. The van der Waals surface area contributed by atoms with Gasteiger partial charge in [0.05, 0.1) is 10.5 Å². The molecule has 0 amide bonds. The van der Waals surface area contributed by atoms with Crippen LogP contribution in [0.5, 0.6) is 5.75 Å². The van der Waals surface area contributed by atoms with Crippen LogP contribution >= 0.6 is 11.6 Å². The van der Waals surface area contributed by atoms with Gasteiger partial charge in [0.1, 0.15) is 5.75 Å². The summed E-state index contributed by atoms with van der Waals surface area (Å²) in [5, 5.41) is 0.582. The Morgan fingerprint density at radius 1 is 1.12 bits per heavy atom. The molecule has 5 nitrogen and oxygen atoms in total. The molecule has 0 atom stereocenters. The van der Waals surface area contributed by atoms with E-state index in [9.17, 15) is 13.2 Å². The Morgan fingerprint density at radius 2 is 1.84 bits per heavy atom. The van der Waals surface area contributed by atoms with Crippen LogP contribution in [0, 0.1) is 6.92 Å². The van der Waals surface area contributed by atoms with Crippen molar-refractivity contribution in [3.05, 3.63) is 58.6 Å². The highest BCUT2D eigenvalue weighted by Gasteiger charge is 2.27. The van der Waals surface area contributed by atoms with Gasteiger partial charge in [-0.05, 0) is 61.7 Å². The summed E-state index contributed by atoms with van der Waals surface area (Å²) < 4.78 is 32.0. The number of aryl methyl sites for hydroxylation is 1. The first kappa shape index (κ1) is 17.9. The van der Waals surface area contributed by atoms with Gasteiger partial charge in [0.2, 0.25) is 10.0 Å². The number of sulfonamides is 1. The summed E-state index contributed by atoms with van der Waals surface area (Å²) in [4.78, 5) is 12.5. The molecule has 0 saturated carbocycles. The van der Waals surface area contributed by atoms with E-state index in [4.69, 9.17) is 16.3 Å².